The average Bonchev–Trinajstić information content (AvgIpc) is 3.08. The Bertz CT molecular complexity index is 939. The first-order valence-corrected chi connectivity index (χ1v) is 12.3. The van der Waals surface area contributed by atoms with E-state index >= 15 is 0 Å². The monoisotopic (exact) mass is 483 g/mol. The van der Waals surface area contributed by atoms with Gasteiger partial charge in [0.25, 0.3) is 0 Å². The SMILES string of the molecule is CC(C)(NC(=O)[C@H]1CC[C@H]2[C@@H]3CC=C4C=C(C(=O)O)CC[C@]4(C)[C@H]3CC[C@]12C)C(O)C(F)(F)F. The molecule has 34 heavy (non-hydrogen) atoms. The highest BCUT2D eigenvalue weighted by Gasteiger charge is 2.60. The van der Waals surface area contributed by atoms with Crippen molar-refractivity contribution in [3.05, 3.63) is 23.3 Å². The maximum absolute atomic E-state index is 13.2. The molecule has 0 aromatic carbocycles. The van der Waals surface area contributed by atoms with E-state index in [9.17, 15) is 33.0 Å². The van der Waals surface area contributed by atoms with Gasteiger partial charge in [-0.15, -0.1) is 0 Å². The highest BCUT2D eigenvalue weighted by atomic mass is 19.4. The minimum absolute atomic E-state index is 0.0810. The number of allylic oxidation sites excluding steroid dienone is 3. The van der Waals surface area contributed by atoms with Gasteiger partial charge in [0, 0.05) is 11.5 Å². The molecule has 4 aliphatic rings. The van der Waals surface area contributed by atoms with Gasteiger partial charge in [0.15, 0.2) is 6.10 Å². The van der Waals surface area contributed by atoms with Crippen molar-refractivity contribution in [1.29, 1.82) is 0 Å². The first kappa shape index (κ1) is 25.3. The number of nitrogens with one attached hydrogen (secondary N) is 1. The lowest BCUT2D eigenvalue weighted by atomic mass is 9.48. The van der Waals surface area contributed by atoms with Crippen molar-refractivity contribution < 1.29 is 33.0 Å². The van der Waals surface area contributed by atoms with Crippen LogP contribution in [0, 0.1) is 34.5 Å². The molecule has 3 N–H and O–H groups in total. The summed E-state index contributed by atoms with van der Waals surface area (Å²) >= 11 is 0. The van der Waals surface area contributed by atoms with Crippen LogP contribution >= 0.6 is 0 Å². The normalized spacial score (nSPS) is 38.6. The van der Waals surface area contributed by atoms with E-state index in [1.807, 2.05) is 6.08 Å². The van der Waals surface area contributed by atoms with Crippen LogP contribution in [0.1, 0.15) is 72.6 Å². The summed E-state index contributed by atoms with van der Waals surface area (Å²) < 4.78 is 39.3. The molecule has 0 aromatic heterocycles. The van der Waals surface area contributed by atoms with Gasteiger partial charge in [-0.25, -0.2) is 4.79 Å². The van der Waals surface area contributed by atoms with E-state index in [0.29, 0.717) is 30.3 Å². The topological polar surface area (TPSA) is 86.6 Å². The van der Waals surface area contributed by atoms with E-state index in [1.54, 1.807) is 0 Å². The van der Waals surface area contributed by atoms with Gasteiger partial charge in [-0.1, -0.05) is 19.9 Å². The minimum Gasteiger partial charge on any atom is -0.478 e. The summed E-state index contributed by atoms with van der Waals surface area (Å²) in [4.78, 5) is 24.7. The van der Waals surface area contributed by atoms with Crippen molar-refractivity contribution in [3.8, 4) is 0 Å². The number of aliphatic carboxylic acids is 1. The second kappa shape index (κ2) is 8.10. The van der Waals surface area contributed by atoms with E-state index in [2.05, 4.69) is 25.2 Å². The number of carboxylic acid groups (broad SMARTS) is 1. The third kappa shape index (κ3) is 3.90. The largest absolute Gasteiger partial charge is 0.478 e. The predicted molar refractivity (Wildman–Crippen MR) is 121 cm³/mol. The van der Waals surface area contributed by atoms with Crippen molar-refractivity contribution in [2.24, 2.45) is 34.5 Å². The summed E-state index contributed by atoms with van der Waals surface area (Å²) in [6.07, 6.45) is 2.00. The lowest BCUT2D eigenvalue weighted by Gasteiger charge is -2.57. The first-order valence-electron chi connectivity index (χ1n) is 12.3. The number of aliphatic hydroxyl groups is 1. The molecule has 2 saturated carbocycles. The molecule has 4 aliphatic carbocycles. The molecule has 8 heteroatoms. The molecule has 0 aliphatic heterocycles. The van der Waals surface area contributed by atoms with Gasteiger partial charge in [-0.2, -0.15) is 13.2 Å². The Morgan fingerprint density at radius 1 is 1.12 bits per heavy atom. The minimum atomic E-state index is -4.81. The van der Waals surface area contributed by atoms with E-state index in [1.165, 1.54) is 13.8 Å². The van der Waals surface area contributed by atoms with Crippen LogP contribution in [0.5, 0.6) is 0 Å². The molecular formula is C26H36F3NO4. The number of carbonyl (C=O) groups is 2. The predicted octanol–water partition coefficient (Wildman–Crippen LogP) is 5.00. The van der Waals surface area contributed by atoms with Gasteiger partial charge in [0.05, 0.1) is 5.54 Å². The van der Waals surface area contributed by atoms with Crippen LogP contribution in [0.15, 0.2) is 23.3 Å². The summed E-state index contributed by atoms with van der Waals surface area (Å²) in [5.74, 6) is -0.578. The maximum atomic E-state index is 13.2. The highest BCUT2D eigenvalue weighted by molar-refractivity contribution is 5.87. The van der Waals surface area contributed by atoms with Crippen molar-refractivity contribution in [1.82, 2.24) is 5.32 Å². The third-order valence-corrected chi connectivity index (χ3v) is 9.80. The Morgan fingerprint density at radius 3 is 2.41 bits per heavy atom. The van der Waals surface area contributed by atoms with E-state index in [-0.39, 0.29) is 22.7 Å². The fraction of sp³-hybridized carbons (Fsp3) is 0.769. The smallest absolute Gasteiger partial charge is 0.416 e. The number of amides is 1. The van der Waals surface area contributed by atoms with E-state index < -0.39 is 29.7 Å². The molecule has 0 spiro atoms. The zero-order valence-corrected chi connectivity index (χ0v) is 20.3. The average molecular weight is 484 g/mol. The number of rotatable bonds is 4. The van der Waals surface area contributed by atoms with E-state index in [4.69, 9.17) is 0 Å². The number of carboxylic acids is 1. The Morgan fingerprint density at radius 2 is 1.79 bits per heavy atom. The van der Waals surface area contributed by atoms with Crippen molar-refractivity contribution in [2.75, 3.05) is 0 Å². The van der Waals surface area contributed by atoms with Gasteiger partial charge in [0.2, 0.25) is 5.91 Å². The molecule has 1 amide bonds. The Balaban J connectivity index is 1.55. The summed E-state index contributed by atoms with van der Waals surface area (Å²) in [6, 6.07) is 0. The standard InChI is InChI=1S/C26H36F3NO4/c1-23(2,22(34)26(27,28)29)30-20(31)19-8-7-17-16-6-5-15-13-14(21(32)33)9-11-24(15,3)18(16)10-12-25(17,19)4/h5,13,16-19,22,34H,6-12H2,1-4H3,(H,30,31)(H,32,33)/t16-,17-,18-,19+,22?,24-,25-/m0/s1. The van der Waals surface area contributed by atoms with Crippen LogP contribution in [0.2, 0.25) is 0 Å². The number of hydrogen-bond donors (Lipinski definition) is 3. The van der Waals surface area contributed by atoms with E-state index in [0.717, 1.165) is 37.7 Å². The number of aliphatic hydroxyl groups excluding tert-OH is 1. The van der Waals surface area contributed by atoms with Crippen LogP contribution in [-0.2, 0) is 9.59 Å². The van der Waals surface area contributed by atoms with Gasteiger partial charge in [-0.3, -0.25) is 4.79 Å². The van der Waals surface area contributed by atoms with Crippen LogP contribution in [0.3, 0.4) is 0 Å². The molecule has 0 bridgehead atoms. The summed E-state index contributed by atoms with van der Waals surface area (Å²) in [5, 5.41) is 21.7. The molecule has 0 aromatic rings. The number of halogens is 3. The van der Waals surface area contributed by atoms with Crippen LogP contribution in [-0.4, -0.2) is 39.9 Å². The molecule has 0 radical (unpaired) electrons. The quantitative estimate of drug-likeness (QED) is 0.525. The number of alkyl halides is 3. The lowest BCUT2D eigenvalue weighted by Crippen LogP contribution is -2.60. The summed E-state index contributed by atoms with van der Waals surface area (Å²) in [6.45, 7) is 6.78. The van der Waals surface area contributed by atoms with Gasteiger partial charge in [-0.05, 0) is 99.0 Å². The molecule has 2 fully saturated rings. The number of hydrogen-bond acceptors (Lipinski definition) is 3. The van der Waals surface area contributed by atoms with Crippen molar-refractivity contribution >= 4 is 11.9 Å². The molecule has 0 heterocycles. The highest BCUT2D eigenvalue weighted by Crippen LogP contribution is 2.66. The van der Waals surface area contributed by atoms with Gasteiger partial charge >= 0.3 is 12.1 Å². The maximum Gasteiger partial charge on any atom is 0.416 e. The lowest BCUT2D eigenvalue weighted by molar-refractivity contribution is -0.223. The van der Waals surface area contributed by atoms with Crippen molar-refractivity contribution in [2.45, 2.75) is 90.5 Å². The van der Waals surface area contributed by atoms with Crippen LogP contribution in [0.4, 0.5) is 13.2 Å². The number of carbonyl (C=O) groups excluding carboxylic acids is 1. The Kier molecular flexibility index (Phi) is 6.02. The molecular weight excluding hydrogens is 447 g/mol. The van der Waals surface area contributed by atoms with Gasteiger partial charge in [0.1, 0.15) is 0 Å². The molecule has 7 atom stereocenters. The summed E-state index contributed by atoms with van der Waals surface area (Å²) in [7, 11) is 0. The van der Waals surface area contributed by atoms with Crippen LogP contribution in [0.25, 0.3) is 0 Å². The zero-order chi connectivity index (χ0) is 25.3. The second-order valence-corrected chi connectivity index (χ2v) is 12.0. The molecule has 5 nitrogen and oxygen atoms in total. The third-order valence-electron chi connectivity index (χ3n) is 9.80. The zero-order valence-electron chi connectivity index (χ0n) is 20.3. The fourth-order valence-corrected chi connectivity index (χ4v) is 7.81. The molecule has 0 saturated heterocycles. The fourth-order valence-electron chi connectivity index (χ4n) is 7.81. The van der Waals surface area contributed by atoms with Gasteiger partial charge < -0.3 is 15.5 Å². The Hall–Kier alpha value is -1.83. The number of fused-ring (bicyclic) bond motifs is 5. The summed E-state index contributed by atoms with van der Waals surface area (Å²) in [5.41, 5.74) is -0.612. The van der Waals surface area contributed by atoms with Crippen molar-refractivity contribution in [3.63, 3.8) is 0 Å². The first-order chi connectivity index (χ1) is 15.6. The molecule has 1 unspecified atom stereocenters. The van der Waals surface area contributed by atoms with Crippen LogP contribution < -0.4 is 5.32 Å². The molecule has 190 valence electrons. The Labute approximate surface area is 198 Å². The molecule has 4 rings (SSSR count). The second-order valence-electron chi connectivity index (χ2n) is 12.0.